The molecular formula is C26H32N2. The third-order valence-electron chi connectivity index (χ3n) is 9.68. The maximum atomic E-state index is 5.18. The van der Waals surface area contributed by atoms with Gasteiger partial charge in [-0.05, 0) is 70.6 Å². The highest BCUT2D eigenvalue weighted by Gasteiger charge is 2.57. The molecule has 2 nitrogen and oxygen atoms in total. The predicted molar refractivity (Wildman–Crippen MR) is 114 cm³/mol. The van der Waals surface area contributed by atoms with Gasteiger partial charge in [-0.3, -0.25) is 9.97 Å². The van der Waals surface area contributed by atoms with Crippen LogP contribution in [0.15, 0.2) is 24.3 Å². The van der Waals surface area contributed by atoms with Crippen LogP contribution in [0.5, 0.6) is 0 Å². The van der Waals surface area contributed by atoms with E-state index in [0.717, 1.165) is 23.2 Å². The lowest BCUT2D eigenvalue weighted by Crippen LogP contribution is -2.50. The van der Waals surface area contributed by atoms with E-state index in [2.05, 4.69) is 65.8 Å². The molecule has 0 amide bonds. The van der Waals surface area contributed by atoms with Crippen LogP contribution in [-0.4, -0.2) is 9.97 Å². The van der Waals surface area contributed by atoms with Crippen LogP contribution in [0.25, 0.3) is 11.4 Å². The van der Waals surface area contributed by atoms with E-state index in [1.165, 1.54) is 35.4 Å². The zero-order valence-corrected chi connectivity index (χ0v) is 18.1. The zero-order valence-electron chi connectivity index (χ0n) is 18.1. The van der Waals surface area contributed by atoms with Crippen molar-refractivity contribution in [3.05, 3.63) is 46.8 Å². The second-order valence-corrected chi connectivity index (χ2v) is 11.4. The Labute approximate surface area is 169 Å². The van der Waals surface area contributed by atoms with Crippen LogP contribution in [0.1, 0.15) is 101 Å². The van der Waals surface area contributed by atoms with Crippen LogP contribution in [-0.2, 0) is 0 Å². The van der Waals surface area contributed by atoms with Crippen LogP contribution < -0.4 is 0 Å². The Kier molecular flexibility index (Phi) is 3.11. The first kappa shape index (κ1) is 17.2. The van der Waals surface area contributed by atoms with E-state index in [9.17, 15) is 0 Å². The van der Waals surface area contributed by atoms with Gasteiger partial charge in [0.15, 0.2) is 0 Å². The molecule has 146 valence electrons. The molecule has 0 saturated heterocycles. The van der Waals surface area contributed by atoms with Gasteiger partial charge in [0.05, 0.1) is 11.4 Å². The quantitative estimate of drug-likeness (QED) is 0.561. The Hall–Kier alpha value is -1.70. The minimum atomic E-state index is 0.433. The first-order valence-corrected chi connectivity index (χ1v) is 11.2. The van der Waals surface area contributed by atoms with Crippen molar-refractivity contribution >= 4 is 0 Å². The van der Waals surface area contributed by atoms with Crippen molar-refractivity contribution in [1.82, 2.24) is 9.97 Å². The number of hydrogen-bond donors (Lipinski definition) is 0. The molecule has 6 atom stereocenters. The molecule has 8 rings (SSSR count). The first-order valence-electron chi connectivity index (χ1n) is 11.2. The fourth-order valence-electron chi connectivity index (χ4n) is 7.63. The summed E-state index contributed by atoms with van der Waals surface area (Å²) in [6, 6.07) is 9.18. The second kappa shape index (κ2) is 5.07. The molecule has 0 spiro atoms. The van der Waals surface area contributed by atoms with E-state index in [1.807, 2.05) is 0 Å². The van der Waals surface area contributed by atoms with Crippen LogP contribution >= 0.6 is 0 Å². The highest BCUT2D eigenvalue weighted by atomic mass is 14.8. The Morgan fingerprint density at radius 2 is 1.07 bits per heavy atom. The summed E-state index contributed by atoms with van der Waals surface area (Å²) in [6.07, 6.45) is 2.69. The second-order valence-electron chi connectivity index (χ2n) is 11.4. The summed E-state index contributed by atoms with van der Waals surface area (Å²) in [5.74, 6) is 4.05. The van der Waals surface area contributed by atoms with Crippen LogP contribution in [0, 0.1) is 22.7 Å². The molecule has 2 saturated carbocycles. The molecule has 0 aromatic carbocycles. The molecule has 0 N–H and O–H groups in total. The van der Waals surface area contributed by atoms with Gasteiger partial charge in [-0.1, -0.05) is 53.7 Å². The van der Waals surface area contributed by atoms with Gasteiger partial charge in [-0.15, -0.1) is 0 Å². The first-order chi connectivity index (χ1) is 13.2. The van der Waals surface area contributed by atoms with Gasteiger partial charge in [0.25, 0.3) is 0 Å². The molecule has 6 aliphatic rings. The van der Waals surface area contributed by atoms with E-state index in [4.69, 9.17) is 9.97 Å². The van der Waals surface area contributed by atoms with Gasteiger partial charge in [0.2, 0.25) is 0 Å². The van der Waals surface area contributed by atoms with E-state index < -0.39 is 0 Å². The number of aromatic nitrogens is 2. The lowest BCUT2D eigenvalue weighted by Gasteiger charge is -2.59. The van der Waals surface area contributed by atoms with E-state index in [-0.39, 0.29) is 0 Å². The van der Waals surface area contributed by atoms with Crippen molar-refractivity contribution in [3.8, 4) is 11.4 Å². The summed E-state index contributed by atoms with van der Waals surface area (Å²) >= 11 is 0. The fraction of sp³-hybridized carbons (Fsp3) is 0.615. The summed E-state index contributed by atoms with van der Waals surface area (Å²) in [4.78, 5) is 10.4. The summed E-state index contributed by atoms with van der Waals surface area (Å²) in [7, 11) is 0. The van der Waals surface area contributed by atoms with Gasteiger partial charge < -0.3 is 0 Å². The average Bonchev–Trinajstić information content (AvgIpc) is 2.66. The molecule has 2 heterocycles. The van der Waals surface area contributed by atoms with Gasteiger partial charge in [-0.25, -0.2) is 0 Å². The summed E-state index contributed by atoms with van der Waals surface area (Å²) < 4.78 is 0. The fourth-order valence-corrected chi connectivity index (χ4v) is 7.63. The van der Waals surface area contributed by atoms with Gasteiger partial charge in [0.1, 0.15) is 0 Å². The van der Waals surface area contributed by atoms with Crippen molar-refractivity contribution in [3.63, 3.8) is 0 Å². The summed E-state index contributed by atoms with van der Waals surface area (Å²) in [5.41, 5.74) is 8.68. The minimum Gasteiger partial charge on any atom is -0.251 e. The maximum absolute atomic E-state index is 5.18. The zero-order chi connectivity index (χ0) is 19.6. The van der Waals surface area contributed by atoms with Crippen LogP contribution in [0.2, 0.25) is 0 Å². The largest absolute Gasteiger partial charge is 0.251 e. The molecule has 0 unspecified atom stereocenters. The third-order valence-corrected chi connectivity index (χ3v) is 9.68. The Morgan fingerprint density at radius 3 is 1.43 bits per heavy atom. The Balaban J connectivity index is 1.41. The molecular weight excluding hydrogens is 340 g/mol. The van der Waals surface area contributed by atoms with Crippen molar-refractivity contribution < 1.29 is 0 Å². The normalized spacial score (nSPS) is 37.9. The Bertz CT molecular complexity index is 920. The number of rotatable bonds is 1. The number of nitrogens with zero attached hydrogens (tertiary/aromatic N) is 2. The van der Waals surface area contributed by atoms with Crippen molar-refractivity contribution in [2.24, 2.45) is 22.7 Å². The standard InChI is InChI=1S/C26H32N2/c1-13-17-11-19(25(17,3)4)15-7-9-21(27-23(13)15)22-10-8-16-20-12-18(26(20,5)6)14(2)24(16)28-22/h7-10,13-14,17-20H,11-12H2,1-6H3/t13-,14-,17+,18+,19-,20-/m0/s1. The summed E-state index contributed by atoms with van der Waals surface area (Å²) in [6.45, 7) is 14.5. The van der Waals surface area contributed by atoms with E-state index in [1.54, 1.807) is 0 Å². The van der Waals surface area contributed by atoms with Gasteiger partial charge in [0, 0.05) is 23.2 Å². The third kappa shape index (κ3) is 1.86. The number of pyridine rings is 2. The van der Waals surface area contributed by atoms with Gasteiger partial charge in [-0.2, -0.15) is 0 Å². The molecule has 0 aliphatic heterocycles. The highest BCUT2D eigenvalue weighted by Crippen LogP contribution is 2.67. The van der Waals surface area contributed by atoms with E-state index >= 15 is 0 Å². The van der Waals surface area contributed by atoms with Crippen molar-refractivity contribution in [1.29, 1.82) is 0 Å². The lowest BCUT2D eigenvalue weighted by atomic mass is 9.45. The molecule has 2 heteroatoms. The SMILES string of the molecule is C[C@@H]1c2nc(-c3ccc4c(n3)[C@@H](C)[C@H]3C[C@@H]4C3(C)C)ccc2[C@@H]2C[C@H]1C2(C)C. The van der Waals surface area contributed by atoms with Crippen LogP contribution in [0.3, 0.4) is 0 Å². The van der Waals surface area contributed by atoms with E-state index in [0.29, 0.717) is 34.5 Å². The van der Waals surface area contributed by atoms with Crippen molar-refractivity contribution in [2.75, 3.05) is 0 Å². The highest BCUT2D eigenvalue weighted by molar-refractivity contribution is 5.58. The topological polar surface area (TPSA) is 25.8 Å². The molecule has 0 radical (unpaired) electrons. The van der Waals surface area contributed by atoms with Crippen LogP contribution in [0.4, 0.5) is 0 Å². The molecule has 2 aromatic heterocycles. The van der Waals surface area contributed by atoms with Crippen molar-refractivity contribution in [2.45, 2.75) is 78.1 Å². The molecule has 4 bridgehead atoms. The molecule has 2 aromatic rings. The molecule has 2 fully saturated rings. The lowest BCUT2D eigenvalue weighted by molar-refractivity contribution is -0.00295. The molecule has 6 aliphatic carbocycles. The van der Waals surface area contributed by atoms with Gasteiger partial charge >= 0.3 is 0 Å². The Morgan fingerprint density at radius 1 is 0.679 bits per heavy atom. The predicted octanol–water partition coefficient (Wildman–Crippen LogP) is 6.64. The molecule has 28 heavy (non-hydrogen) atoms. The average molecular weight is 373 g/mol. The number of hydrogen-bond acceptors (Lipinski definition) is 2. The smallest absolute Gasteiger partial charge is 0.0889 e. The minimum absolute atomic E-state index is 0.433. The summed E-state index contributed by atoms with van der Waals surface area (Å²) in [5, 5.41) is 0. The monoisotopic (exact) mass is 372 g/mol. The maximum Gasteiger partial charge on any atom is 0.0889 e.